The van der Waals surface area contributed by atoms with Crippen LogP contribution in [0.3, 0.4) is 0 Å². The van der Waals surface area contributed by atoms with Crippen molar-refractivity contribution >= 4 is 33.4 Å². The van der Waals surface area contributed by atoms with Crippen LogP contribution in [-0.2, 0) is 9.59 Å². The van der Waals surface area contributed by atoms with Gasteiger partial charge in [-0.15, -0.1) is 0 Å². The Morgan fingerprint density at radius 1 is 1.35 bits per heavy atom. The van der Waals surface area contributed by atoms with Gasteiger partial charge in [0.15, 0.2) is 0 Å². The van der Waals surface area contributed by atoms with Gasteiger partial charge in [-0.3, -0.25) is 9.59 Å². The number of nitrogens with two attached hydrogens (primary N) is 1. The highest BCUT2D eigenvalue weighted by Crippen LogP contribution is 2.19. The Bertz CT molecular complexity index is 440. The molecule has 0 aromatic heterocycles. The van der Waals surface area contributed by atoms with Gasteiger partial charge in [-0.1, -0.05) is 15.9 Å². The number of amides is 2. The first-order valence-corrected chi connectivity index (χ1v) is 5.54. The zero-order valence-corrected chi connectivity index (χ0v) is 10.4. The number of hydrogen-bond acceptors (Lipinski definition) is 3. The molecule has 7 heteroatoms. The maximum absolute atomic E-state index is 13.3. The first-order chi connectivity index (χ1) is 8.02. The molecule has 0 atom stereocenters. The standard InChI is InChI=1S/C10H11BrFN3O2/c11-6-1-2-7(12)8(3-6)15-10(17)5-14-9(16)4-13/h1-3H,4-5,13H2,(H,14,16)(H,15,17). The molecule has 0 bridgehead atoms. The van der Waals surface area contributed by atoms with Crippen molar-refractivity contribution in [2.75, 3.05) is 18.4 Å². The molecule has 0 saturated carbocycles. The lowest BCUT2D eigenvalue weighted by molar-refractivity contribution is -0.123. The molecule has 0 aliphatic rings. The quantitative estimate of drug-likeness (QED) is 0.761. The van der Waals surface area contributed by atoms with E-state index in [9.17, 15) is 14.0 Å². The van der Waals surface area contributed by atoms with Crippen LogP contribution in [-0.4, -0.2) is 24.9 Å². The van der Waals surface area contributed by atoms with Gasteiger partial charge in [-0.05, 0) is 18.2 Å². The minimum atomic E-state index is -0.549. The predicted molar refractivity (Wildman–Crippen MR) is 64.8 cm³/mol. The molecule has 4 N–H and O–H groups in total. The van der Waals surface area contributed by atoms with Crippen LogP contribution in [0.15, 0.2) is 22.7 Å². The van der Waals surface area contributed by atoms with Gasteiger partial charge in [0.05, 0.1) is 18.8 Å². The molecule has 1 aromatic rings. The molecule has 2 amide bonds. The maximum Gasteiger partial charge on any atom is 0.243 e. The van der Waals surface area contributed by atoms with Crippen LogP contribution < -0.4 is 16.4 Å². The number of hydrogen-bond donors (Lipinski definition) is 3. The van der Waals surface area contributed by atoms with E-state index in [4.69, 9.17) is 5.73 Å². The van der Waals surface area contributed by atoms with E-state index in [2.05, 4.69) is 26.6 Å². The van der Waals surface area contributed by atoms with Gasteiger partial charge >= 0.3 is 0 Å². The Hall–Kier alpha value is -1.47. The molecule has 0 heterocycles. The summed E-state index contributed by atoms with van der Waals surface area (Å²) in [6.45, 7) is -0.444. The van der Waals surface area contributed by atoms with Crippen LogP contribution in [0.1, 0.15) is 0 Å². The summed E-state index contributed by atoms with van der Waals surface area (Å²) in [4.78, 5) is 22.1. The van der Waals surface area contributed by atoms with Crippen molar-refractivity contribution in [3.8, 4) is 0 Å². The van der Waals surface area contributed by atoms with Crippen LogP contribution in [0.25, 0.3) is 0 Å². The van der Waals surface area contributed by atoms with Crippen LogP contribution in [0.4, 0.5) is 10.1 Å². The minimum absolute atomic E-state index is 0.0476. The SMILES string of the molecule is NCC(=O)NCC(=O)Nc1cc(Br)ccc1F. The van der Waals surface area contributed by atoms with Gasteiger partial charge in [0.25, 0.3) is 0 Å². The van der Waals surface area contributed by atoms with Gasteiger partial charge in [-0.2, -0.15) is 0 Å². The van der Waals surface area contributed by atoms with Crippen molar-refractivity contribution in [3.05, 3.63) is 28.5 Å². The van der Waals surface area contributed by atoms with E-state index >= 15 is 0 Å². The highest BCUT2D eigenvalue weighted by Gasteiger charge is 2.08. The number of benzene rings is 1. The van der Waals surface area contributed by atoms with Crippen LogP contribution in [0, 0.1) is 5.82 Å². The average Bonchev–Trinajstić information content (AvgIpc) is 2.30. The average molecular weight is 304 g/mol. The summed E-state index contributed by atoms with van der Waals surface area (Å²) in [5.41, 5.74) is 5.09. The maximum atomic E-state index is 13.3. The predicted octanol–water partition coefficient (Wildman–Crippen LogP) is 0.602. The van der Waals surface area contributed by atoms with Crippen LogP contribution in [0.2, 0.25) is 0 Å². The fraction of sp³-hybridized carbons (Fsp3) is 0.200. The van der Waals surface area contributed by atoms with E-state index in [0.29, 0.717) is 4.47 Å². The molecule has 17 heavy (non-hydrogen) atoms. The van der Waals surface area contributed by atoms with E-state index in [1.165, 1.54) is 18.2 Å². The molecule has 5 nitrogen and oxygen atoms in total. The van der Waals surface area contributed by atoms with Crippen molar-refractivity contribution in [2.45, 2.75) is 0 Å². The summed E-state index contributed by atoms with van der Waals surface area (Å²) < 4.78 is 13.9. The number of carbonyl (C=O) groups excluding carboxylic acids is 2. The third-order valence-corrected chi connectivity index (χ3v) is 2.33. The molecule has 0 saturated heterocycles. The van der Waals surface area contributed by atoms with E-state index in [1.807, 2.05) is 0 Å². The second kappa shape index (κ2) is 6.31. The van der Waals surface area contributed by atoms with Gasteiger partial charge in [0.2, 0.25) is 11.8 Å². The number of rotatable bonds is 4. The van der Waals surface area contributed by atoms with E-state index in [-0.39, 0.29) is 18.8 Å². The Kier molecular flexibility index (Phi) is 5.05. The van der Waals surface area contributed by atoms with Crippen molar-refractivity contribution in [2.24, 2.45) is 5.73 Å². The molecule has 92 valence electrons. The molecule has 0 aliphatic carbocycles. The molecule has 0 radical (unpaired) electrons. The zero-order valence-electron chi connectivity index (χ0n) is 8.80. The molecule has 0 aliphatic heterocycles. The van der Waals surface area contributed by atoms with Gasteiger partial charge < -0.3 is 16.4 Å². The van der Waals surface area contributed by atoms with Gasteiger partial charge in [0.1, 0.15) is 5.82 Å². The fourth-order valence-corrected chi connectivity index (χ4v) is 1.40. The molecule has 0 unspecified atom stereocenters. The van der Waals surface area contributed by atoms with Crippen molar-refractivity contribution < 1.29 is 14.0 Å². The highest BCUT2D eigenvalue weighted by atomic mass is 79.9. The number of nitrogens with one attached hydrogen (secondary N) is 2. The molecular formula is C10H11BrFN3O2. The third kappa shape index (κ3) is 4.49. The number of halogens is 2. The van der Waals surface area contributed by atoms with Gasteiger partial charge in [0, 0.05) is 4.47 Å². The zero-order chi connectivity index (χ0) is 12.8. The Morgan fingerprint density at radius 2 is 2.06 bits per heavy atom. The van der Waals surface area contributed by atoms with Crippen molar-refractivity contribution in [1.29, 1.82) is 0 Å². The summed E-state index contributed by atoms with van der Waals surface area (Å²) in [7, 11) is 0. The van der Waals surface area contributed by atoms with Crippen molar-refractivity contribution in [1.82, 2.24) is 5.32 Å². The molecule has 1 rings (SSSR count). The Labute approximate surface area is 106 Å². The third-order valence-electron chi connectivity index (χ3n) is 1.83. The highest BCUT2D eigenvalue weighted by molar-refractivity contribution is 9.10. The first-order valence-electron chi connectivity index (χ1n) is 4.74. The molecule has 0 spiro atoms. The summed E-state index contributed by atoms with van der Waals surface area (Å²) in [5.74, 6) is -1.52. The molecule has 0 fully saturated rings. The molecular weight excluding hydrogens is 293 g/mol. The van der Waals surface area contributed by atoms with Crippen LogP contribution >= 0.6 is 15.9 Å². The summed E-state index contributed by atoms with van der Waals surface area (Å²) in [6, 6.07) is 4.16. The van der Waals surface area contributed by atoms with E-state index < -0.39 is 17.6 Å². The minimum Gasteiger partial charge on any atom is -0.346 e. The molecule has 1 aromatic carbocycles. The van der Waals surface area contributed by atoms with E-state index in [1.54, 1.807) is 0 Å². The number of carbonyl (C=O) groups is 2. The summed E-state index contributed by atoms with van der Waals surface area (Å²) in [6.07, 6.45) is 0. The Balaban J connectivity index is 2.56. The van der Waals surface area contributed by atoms with Crippen molar-refractivity contribution in [3.63, 3.8) is 0 Å². The second-order valence-corrected chi connectivity index (χ2v) is 4.07. The normalized spacial score (nSPS) is 9.82. The lowest BCUT2D eigenvalue weighted by atomic mass is 10.3. The lowest BCUT2D eigenvalue weighted by Gasteiger charge is -2.07. The smallest absolute Gasteiger partial charge is 0.243 e. The van der Waals surface area contributed by atoms with Crippen LogP contribution in [0.5, 0.6) is 0 Å². The summed E-state index contributed by atoms with van der Waals surface area (Å²) in [5, 5.41) is 4.61. The fourth-order valence-electron chi connectivity index (χ4n) is 1.04. The Morgan fingerprint density at radius 3 is 2.71 bits per heavy atom. The largest absolute Gasteiger partial charge is 0.346 e. The lowest BCUT2D eigenvalue weighted by Crippen LogP contribution is -2.36. The van der Waals surface area contributed by atoms with Gasteiger partial charge in [-0.25, -0.2) is 4.39 Å². The second-order valence-electron chi connectivity index (χ2n) is 3.15. The van der Waals surface area contributed by atoms with E-state index in [0.717, 1.165) is 0 Å². The summed E-state index contributed by atoms with van der Waals surface area (Å²) >= 11 is 3.16. The monoisotopic (exact) mass is 303 g/mol. The first kappa shape index (κ1) is 13.6. The topological polar surface area (TPSA) is 84.2 Å². The number of anilines is 1.